The maximum atomic E-state index is 12.3. The molecule has 0 amide bonds. The third-order valence-corrected chi connectivity index (χ3v) is 3.91. The Bertz CT molecular complexity index is 845. The molecule has 0 atom stereocenters. The van der Waals surface area contributed by atoms with Crippen molar-refractivity contribution in [2.24, 2.45) is 7.05 Å². The van der Waals surface area contributed by atoms with Crippen LogP contribution in [0.5, 0.6) is 5.75 Å². The van der Waals surface area contributed by atoms with E-state index in [2.05, 4.69) is 0 Å². The van der Waals surface area contributed by atoms with E-state index >= 15 is 0 Å². The van der Waals surface area contributed by atoms with Gasteiger partial charge in [-0.1, -0.05) is 12.1 Å². The van der Waals surface area contributed by atoms with Crippen LogP contribution in [0.2, 0.25) is 0 Å². The maximum absolute atomic E-state index is 12.3. The molecule has 2 heterocycles. The number of methoxy groups -OCH3 is 1. The van der Waals surface area contributed by atoms with Crippen LogP contribution in [-0.4, -0.2) is 28.8 Å². The van der Waals surface area contributed by atoms with Gasteiger partial charge in [0.2, 0.25) is 0 Å². The summed E-state index contributed by atoms with van der Waals surface area (Å²) in [5.41, 5.74) is 3.65. The minimum atomic E-state index is -0.299. The molecule has 0 unspecified atom stereocenters. The van der Waals surface area contributed by atoms with Crippen LogP contribution in [0.1, 0.15) is 23.0 Å². The van der Waals surface area contributed by atoms with Crippen LogP contribution in [0, 0.1) is 0 Å². The van der Waals surface area contributed by atoms with Crippen molar-refractivity contribution >= 4 is 17.0 Å². The number of ether oxygens (including phenoxy) is 2. The Balaban J connectivity index is 2.06. The van der Waals surface area contributed by atoms with Crippen LogP contribution >= 0.6 is 0 Å². The first-order valence-electron chi connectivity index (χ1n) is 7.58. The molecule has 120 valence electrons. The van der Waals surface area contributed by atoms with E-state index in [9.17, 15) is 4.79 Å². The van der Waals surface area contributed by atoms with E-state index in [1.165, 1.54) is 0 Å². The zero-order valence-electron chi connectivity index (χ0n) is 13.6. The molecule has 2 aromatic heterocycles. The number of esters is 1. The van der Waals surface area contributed by atoms with Crippen molar-refractivity contribution in [2.45, 2.75) is 13.5 Å². The summed E-state index contributed by atoms with van der Waals surface area (Å²) in [6, 6.07) is 11.7. The average Bonchev–Trinajstić information content (AvgIpc) is 3.09. The molecule has 23 heavy (non-hydrogen) atoms. The van der Waals surface area contributed by atoms with Crippen molar-refractivity contribution < 1.29 is 14.3 Å². The lowest BCUT2D eigenvalue weighted by Gasteiger charge is -2.10. The van der Waals surface area contributed by atoms with E-state index in [1.54, 1.807) is 7.11 Å². The van der Waals surface area contributed by atoms with Crippen LogP contribution in [-0.2, 0) is 18.3 Å². The van der Waals surface area contributed by atoms with Crippen molar-refractivity contribution in [3.8, 4) is 5.75 Å². The van der Waals surface area contributed by atoms with Gasteiger partial charge in [0.05, 0.1) is 24.8 Å². The quantitative estimate of drug-likeness (QED) is 0.680. The van der Waals surface area contributed by atoms with E-state index in [4.69, 9.17) is 9.47 Å². The Morgan fingerprint density at radius 2 is 2.00 bits per heavy atom. The largest absolute Gasteiger partial charge is 0.497 e. The number of carbonyl (C=O) groups is 1. The second-order valence-corrected chi connectivity index (χ2v) is 5.38. The fourth-order valence-electron chi connectivity index (χ4n) is 2.77. The summed E-state index contributed by atoms with van der Waals surface area (Å²) in [6.45, 7) is 2.76. The average molecular weight is 312 g/mol. The second kappa shape index (κ2) is 6.20. The molecular formula is C18H20N2O3. The molecule has 3 rings (SSSR count). The molecule has 0 spiro atoms. The molecule has 0 N–H and O–H groups in total. The number of nitrogens with zero attached hydrogens (tertiary/aromatic N) is 2. The number of aromatic nitrogens is 2. The first kappa shape index (κ1) is 15.2. The van der Waals surface area contributed by atoms with Crippen LogP contribution in [0.4, 0.5) is 0 Å². The van der Waals surface area contributed by atoms with Gasteiger partial charge in [-0.25, -0.2) is 4.79 Å². The van der Waals surface area contributed by atoms with Crippen molar-refractivity contribution in [2.75, 3.05) is 13.7 Å². The van der Waals surface area contributed by atoms with Gasteiger partial charge < -0.3 is 18.6 Å². The van der Waals surface area contributed by atoms with E-state index < -0.39 is 0 Å². The van der Waals surface area contributed by atoms with Crippen molar-refractivity contribution in [3.05, 3.63) is 53.9 Å². The Hall–Kier alpha value is -2.69. The van der Waals surface area contributed by atoms with E-state index in [0.717, 1.165) is 22.3 Å². The number of benzene rings is 1. The summed E-state index contributed by atoms with van der Waals surface area (Å²) in [5, 5.41) is 0. The molecule has 0 bridgehead atoms. The normalized spacial score (nSPS) is 10.9. The van der Waals surface area contributed by atoms with Crippen LogP contribution < -0.4 is 4.74 Å². The van der Waals surface area contributed by atoms with Crippen molar-refractivity contribution in [1.29, 1.82) is 0 Å². The van der Waals surface area contributed by atoms with Gasteiger partial charge in [0.1, 0.15) is 11.4 Å². The molecule has 0 aliphatic heterocycles. The first-order chi connectivity index (χ1) is 11.1. The standard InChI is InChI=1S/C18H20N2O3/c1-4-23-18(21)17-11-16-15(8-9-19(16)2)20(17)12-13-6-5-7-14(10-13)22-3/h5-11H,4,12H2,1-3H3. The monoisotopic (exact) mass is 312 g/mol. The van der Waals surface area contributed by atoms with Gasteiger partial charge in [0.15, 0.2) is 0 Å². The van der Waals surface area contributed by atoms with E-state index in [0.29, 0.717) is 18.8 Å². The van der Waals surface area contributed by atoms with Gasteiger partial charge in [0, 0.05) is 19.8 Å². The number of aryl methyl sites for hydroxylation is 1. The molecule has 0 radical (unpaired) electrons. The molecule has 0 saturated carbocycles. The summed E-state index contributed by atoms with van der Waals surface area (Å²) in [7, 11) is 3.61. The highest BCUT2D eigenvalue weighted by molar-refractivity contribution is 5.95. The molecule has 3 aromatic rings. The lowest BCUT2D eigenvalue weighted by molar-refractivity contribution is 0.0515. The number of fused-ring (bicyclic) bond motifs is 1. The van der Waals surface area contributed by atoms with Gasteiger partial charge in [-0.2, -0.15) is 0 Å². The number of hydrogen-bond acceptors (Lipinski definition) is 3. The minimum Gasteiger partial charge on any atom is -0.497 e. The molecule has 0 saturated heterocycles. The zero-order valence-corrected chi connectivity index (χ0v) is 13.6. The van der Waals surface area contributed by atoms with Gasteiger partial charge in [0.25, 0.3) is 0 Å². The minimum absolute atomic E-state index is 0.299. The topological polar surface area (TPSA) is 45.4 Å². The molecular weight excluding hydrogens is 292 g/mol. The molecule has 0 fully saturated rings. The smallest absolute Gasteiger partial charge is 0.355 e. The number of hydrogen-bond donors (Lipinski definition) is 0. The van der Waals surface area contributed by atoms with Crippen LogP contribution in [0.25, 0.3) is 11.0 Å². The summed E-state index contributed by atoms with van der Waals surface area (Å²) in [5.74, 6) is 0.503. The van der Waals surface area contributed by atoms with Gasteiger partial charge in [-0.3, -0.25) is 0 Å². The van der Waals surface area contributed by atoms with E-state index in [-0.39, 0.29) is 5.97 Å². The summed E-state index contributed by atoms with van der Waals surface area (Å²) < 4.78 is 14.5. The fraction of sp³-hybridized carbons (Fsp3) is 0.278. The molecule has 5 nitrogen and oxygen atoms in total. The second-order valence-electron chi connectivity index (χ2n) is 5.38. The number of rotatable bonds is 5. The Morgan fingerprint density at radius 1 is 1.17 bits per heavy atom. The Labute approximate surface area is 135 Å². The predicted octanol–water partition coefficient (Wildman–Crippen LogP) is 3.21. The molecule has 0 aliphatic rings. The van der Waals surface area contributed by atoms with Gasteiger partial charge >= 0.3 is 5.97 Å². The van der Waals surface area contributed by atoms with Crippen molar-refractivity contribution in [3.63, 3.8) is 0 Å². The highest BCUT2D eigenvalue weighted by atomic mass is 16.5. The zero-order chi connectivity index (χ0) is 16.4. The highest BCUT2D eigenvalue weighted by Crippen LogP contribution is 2.24. The third kappa shape index (κ3) is 2.82. The molecule has 1 aromatic carbocycles. The maximum Gasteiger partial charge on any atom is 0.355 e. The predicted molar refractivity (Wildman–Crippen MR) is 89.0 cm³/mol. The summed E-state index contributed by atoms with van der Waals surface area (Å²) >= 11 is 0. The SMILES string of the molecule is CCOC(=O)c1cc2c(ccn2C)n1Cc1cccc(OC)c1. The van der Waals surface area contributed by atoms with Crippen molar-refractivity contribution in [1.82, 2.24) is 9.13 Å². The Morgan fingerprint density at radius 3 is 2.74 bits per heavy atom. The fourth-order valence-corrected chi connectivity index (χ4v) is 2.77. The van der Waals surface area contributed by atoms with Crippen LogP contribution in [0.3, 0.4) is 0 Å². The molecule has 0 aliphatic carbocycles. The van der Waals surface area contributed by atoms with Gasteiger partial charge in [-0.15, -0.1) is 0 Å². The lowest BCUT2D eigenvalue weighted by atomic mass is 10.2. The number of carbonyl (C=O) groups excluding carboxylic acids is 1. The van der Waals surface area contributed by atoms with Gasteiger partial charge in [-0.05, 0) is 36.8 Å². The summed E-state index contributed by atoms with van der Waals surface area (Å²) in [4.78, 5) is 12.3. The third-order valence-electron chi connectivity index (χ3n) is 3.91. The lowest BCUT2D eigenvalue weighted by Crippen LogP contribution is -2.12. The summed E-state index contributed by atoms with van der Waals surface area (Å²) in [6.07, 6.45) is 1.99. The highest BCUT2D eigenvalue weighted by Gasteiger charge is 2.18. The van der Waals surface area contributed by atoms with E-state index in [1.807, 2.05) is 65.7 Å². The Kier molecular flexibility index (Phi) is 4.10. The van der Waals surface area contributed by atoms with Crippen LogP contribution in [0.15, 0.2) is 42.6 Å². The first-order valence-corrected chi connectivity index (χ1v) is 7.58. The molecule has 5 heteroatoms.